The van der Waals surface area contributed by atoms with E-state index in [-0.39, 0.29) is 22.4 Å². The van der Waals surface area contributed by atoms with E-state index >= 15 is 0 Å². The SMILES string of the molecule is COCCn1c(SCC(=O)Nc2ccc(F)cc2)nnc1-c1ccc(S(=O)(=O)N2CCOCC2)cc1. The third-order valence-corrected chi connectivity index (χ3v) is 8.30. The minimum atomic E-state index is -3.61. The lowest BCUT2D eigenvalue weighted by Crippen LogP contribution is -2.40. The maximum atomic E-state index is 13.1. The van der Waals surface area contributed by atoms with E-state index < -0.39 is 10.0 Å². The monoisotopic (exact) mass is 535 g/mol. The lowest BCUT2D eigenvalue weighted by atomic mass is 10.2. The molecule has 1 N–H and O–H groups in total. The van der Waals surface area contributed by atoms with Crippen molar-refractivity contribution in [3.05, 3.63) is 54.3 Å². The van der Waals surface area contributed by atoms with Gasteiger partial charge in [0.1, 0.15) is 5.82 Å². The summed E-state index contributed by atoms with van der Waals surface area (Å²) < 4.78 is 52.6. The van der Waals surface area contributed by atoms with Crippen LogP contribution in [-0.2, 0) is 30.8 Å². The number of anilines is 1. The number of rotatable bonds is 10. The van der Waals surface area contributed by atoms with Crippen LogP contribution in [0.3, 0.4) is 0 Å². The summed E-state index contributed by atoms with van der Waals surface area (Å²) in [5, 5.41) is 11.7. The fraction of sp³-hybridized carbons (Fsp3) is 0.348. The molecular formula is C23H26FN5O5S2. The van der Waals surface area contributed by atoms with E-state index in [1.165, 1.54) is 40.3 Å². The number of thioether (sulfide) groups is 1. The maximum Gasteiger partial charge on any atom is 0.243 e. The Labute approximate surface area is 212 Å². The summed E-state index contributed by atoms with van der Waals surface area (Å²) in [6, 6.07) is 12.0. The van der Waals surface area contributed by atoms with E-state index in [9.17, 15) is 17.6 Å². The molecule has 1 aromatic heterocycles. The number of benzene rings is 2. The highest BCUT2D eigenvalue weighted by atomic mass is 32.2. The van der Waals surface area contributed by atoms with E-state index in [0.29, 0.717) is 61.7 Å². The minimum Gasteiger partial charge on any atom is -0.383 e. The van der Waals surface area contributed by atoms with Gasteiger partial charge in [-0.2, -0.15) is 4.31 Å². The lowest BCUT2D eigenvalue weighted by Gasteiger charge is -2.26. The predicted molar refractivity (Wildman–Crippen MR) is 133 cm³/mol. The quantitative estimate of drug-likeness (QED) is 0.394. The van der Waals surface area contributed by atoms with Crippen molar-refractivity contribution in [2.45, 2.75) is 16.6 Å². The topological polar surface area (TPSA) is 116 Å². The summed E-state index contributed by atoms with van der Waals surface area (Å²) in [7, 11) is -2.02. The smallest absolute Gasteiger partial charge is 0.243 e. The molecule has 3 aromatic rings. The summed E-state index contributed by atoms with van der Waals surface area (Å²) in [4.78, 5) is 12.6. The summed E-state index contributed by atoms with van der Waals surface area (Å²) in [6.45, 7) is 2.23. The van der Waals surface area contributed by atoms with Gasteiger partial charge in [0.15, 0.2) is 11.0 Å². The van der Waals surface area contributed by atoms with Crippen LogP contribution in [0.15, 0.2) is 58.6 Å². The molecule has 1 aliphatic heterocycles. The number of halogens is 1. The average molecular weight is 536 g/mol. The normalized spacial score (nSPS) is 14.6. The van der Waals surface area contributed by atoms with Gasteiger partial charge in [0.05, 0.1) is 37.0 Å². The Bertz CT molecular complexity index is 1280. The van der Waals surface area contributed by atoms with Gasteiger partial charge in [0.25, 0.3) is 0 Å². The van der Waals surface area contributed by atoms with E-state index in [4.69, 9.17) is 9.47 Å². The number of morpholine rings is 1. The van der Waals surface area contributed by atoms with Crippen molar-refractivity contribution in [1.29, 1.82) is 0 Å². The molecule has 2 heterocycles. The van der Waals surface area contributed by atoms with Crippen molar-refractivity contribution in [1.82, 2.24) is 19.1 Å². The Morgan fingerprint density at radius 1 is 1.11 bits per heavy atom. The summed E-state index contributed by atoms with van der Waals surface area (Å²) in [5.41, 5.74) is 1.18. The average Bonchev–Trinajstić information content (AvgIpc) is 3.30. The maximum absolute atomic E-state index is 13.1. The number of nitrogens with one attached hydrogen (secondary N) is 1. The number of carbonyl (C=O) groups excluding carboxylic acids is 1. The molecule has 0 spiro atoms. The van der Waals surface area contributed by atoms with Crippen LogP contribution in [0.25, 0.3) is 11.4 Å². The first-order valence-electron chi connectivity index (χ1n) is 11.2. The summed E-state index contributed by atoms with van der Waals surface area (Å²) in [6.07, 6.45) is 0. The number of aromatic nitrogens is 3. The van der Waals surface area contributed by atoms with Gasteiger partial charge in [-0.05, 0) is 48.5 Å². The van der Waals surface area contributed by atoms with Crippen LogP contribution in [0.4, 0.5) is 10.1 Å². The van der Waals surface area contributed by atoms with Gasteiger partial charge >= 0.3 is 0 Å². The summed E-state index contributed by atoms with van der Waals surface area (Å²) >= 11 is 1.20. The second kappa shape index (κ2) is 11.9. The van der Waals surface area contributed by atoms with Crippen LogP contribution >= 0.6 is 11.8 Å². The molecular weight excluding hydrogens is 509 g/mol. The Kier molecular flexibility index (Phi) is 8.69. The molecule has 192 valence electrons. The van der Waals surface area contributed by atoms with Gasteiger partial charge in [-0.25, -0.2) is 12.8 Å². The number of hydrogen-bond acceptors (Lipinski definition) is 8. The third-order valence-electron chi connectivity index (χ3n) is 5.42. The highest BCUT2D eigenvalue weighted by molar-refractivity contribution is 7.99. The fourth-order valence-electron chi connectivity index (χ4n) is 3.57. The third kappa shape index (κ3) is 6.28. The van der Waals surface area contributed by atoms with Gasteiger partial charge < -0.3 is 14.8 Å². The fourth-order valence-corrected chi connectivity index (χ4v) is 5.74. The Balaban J connectivity index is 1.48. The minimum absolute atomic E-state index is 0.0687. The molecule has 1 saturated heterocycles. The number of hydrogen-bond donors (Lipinski definition) is 1. The van der Waals surface area contributed by atoms with Crippen LogP contribution in [0.5, 0.6) is 0 Å². The molecule has 0 saturated carbocycles. The van der Waals surface area contributed by atoms with Crippen molar-refractivity contribution >= 4 is 33.4 Å². The lowest BCUT2D eigenvalue weighted by molar-refractivity contribution is -0.113. The molecule has 0 atom stereocenters. The van der Waals surface area contributed by atoms with Crippen LogP contribution in [-0.4, -0.2) is 79.2 Å². The van der Waals surface area contributed by atoms with E-state index in [2.05, 4.69) is 15.5 Å². The van der Waals surface area contributed by atoms with Crippen molar-refractivity contribution in [3.63, 3.8) is 0 Å². The van der Waals surface area contributed by atoms with Crippen molar-refractivity contribution in [3.8, 4) is 11.4 Å². The van der Waals surface area contributed by atoms with Crippen LogP contribution in [0, 0.1) is 5.82 Å². The number of ether oxygens (including phenoxy) is 2. The summed E-state index contributed by atoms with van der Waals surface area (Å²) in [5.74, 6) is -0.0528. The van der Waals surface area contributed by atoms with Crippen molar-refractivity contribution < 1.29 is 27.1 Å². The number of carbonyl (C=O) groups is 1. The molecule has 10 nitrogen and oxygen atoms in total. The largest absolute Gasteiger partial charge is 0.383 e. The molecule has 0 aliphatic carbocycles. The van der Waals surface area contributed by atoms with E-state index in [0.717, 1.165) is 0 Å². The Hall–Kier alpha value is -2.84. The van der Waals surface area contributed by atoms with Gasteiger partial charge in [0, 0.05) is 31.5 Å². The zero-order valence-electron chi connectivity index (χ0n) is 19.6. The highest BCUT2D eigenvalue weighted by Crippen LogP contribution is 2.26. The van der Waals surface area contributed by atoms with Gasteiger partial charge in [0.2, 0.25) is 15.9 Å². The molecule has 0 radical (unpaired) electrons. The molecule has 4 rings (SSSR count). The molecule has 1 fully saturated rings. The van der Waals surface area contributed by atoms with Crippen LogP contribution < -0.4 is 5.32 Å². The van der Waals surface area contributed by atoms with Crippen molar-refractivity contribution in [2.75, 3.05) is 51.1 Å². The molecule has 2 aromatic carbocycles. The van der Waals surface area contributed by atoms with E-state index in [1.54, 1.807) is 31.4 Å². The number of amides is 1. The Morgan fingerprint density at radius 2 is 1.81 bits per heavy atom. The number of nitrogens with zero attached hydrogens (tertiary/aromatic N) is 4. The first-order chi connectivity index (χ1) is 17.4. The van der Waals surface area contributed by atoms with E-state index in [1.807, 2.05) is 4.57 Å². The second-order valence-electron chi connectivity index (χ2n) is 7.84. The molecule has 1 aliphatic rings. The number of sulfonamides is 1. The first-order valence-corrected chi connectivity index (χ1v) is 13.6. The zero-order chi connectivity index (χ0) is 25.5. The molecule has 13 heteroatoms. The highest BCUT2D eigenvalue weighted by Gasteiger charge is 2.26. The van der Waals surface area contributed by atoms with Gasteiger partial charge in [-0.3, -0.25) is 9.36 Å². The molecule has 1 amide bonds. The van der Waals surface area contributed by atoms with Gasteiger partial charge in [-0.1, -0.05) is 11.8 Å². The zero-order valence-corrected chi connectivity index (χ0v) is 21.2. The molecule has 0 unspecified atom stereocenters. The van der Waals surface area contributed by atoms with Crippen LogP contribution in [0.2, 0.25) is 0 Å². The van der Waals surface area contributed by atoms with Gasteiger partial charge in [-0.15, -0.1) is 10.2 Å². The number of methoxy groups -OCH3 is 1. The molecule has 0 bridgehead atoms. The predicted octanol–water partition coefficient (Wildman–Crippen LogP) is 2.48. The Morgan fingerprint density at radius 3 is 2.47 bits per heavy atom. The molecule has 36 heavy (non-hydrogen) atoms. The van der Waals surface area contributed by atoms with Crippen LogP contribution in [0.1, 0.15) is 0 Å². The standard InChI is InChI=1S/C23H26FN5O5S2/c1-33-13-12-29-22(17-2-8-20(9-3-17)36(31,32)28-10-14-34-15-11-28)26-27-23(29)35-16-21(30)25-19-6-4-18(24)5-7-19/h2-9H,10-16H2,1H3,(H,25,30). The first kappa shape index (κ1) is 26.2. The second-order valence-corrected chi connectivity index (χ2v) is 10.7. The van der Waals surface area contributed by atoms with Crippen molar-refractivity contribution in [2.24, 2.45) is 0 Å².